The van der Waals surface area contributed by atoms with Crippen molar-refractivity contribution < 1.29 is 0 Å². The van der Waals surface area contributed by atoms with E-state index in [1.807, 2.05) is 0 Å². The van der Waals surface area contributed by atoms with Crippen molar-refractivity contribution in [1.82, 2.24) is 9.80 Å². The second kappa shape index (κ2) is 6.91. The van der Waals surface area contributed by atoms with E-state index in [0.29, 0.717) is 5.92 Å². The first-order valence-corrected chi connectivity index (χ1v) is 8.45. The van der Waals surface area contributed by atoms with Crippen LogP contribution < -0.4 is 5.73 Å². The van der Waals surface area contributed by atoms with Crippen molar-refractivity contribution in [3.05, 3.63) is 35.9 Å². The Morgan fingerprint density at radius 1 is 1.19 bits per heavy atom. The summed E-state index contributed by atoms with van der Waals surface area (Å²) in [5, 5.41) is 0. The maximum atomic E-state index is 6.04. The maximum absolute atomic E-state index is 6.04. The minimum atomic E-state index is 0.476. The molecule has 0 saturated carbocycles. The zero-order chi connectivity index (χ0) is 14.7. The summed E-state index contributed by atoms with van der Waals surface area (Å²) in [5.74, 6) is 1.34. The van der Waals surface area contributed by atoms with Crippen LogP contribution in [-0.2, 0) is 0 Å². The van der Waals surface area contributed by atoms with E-state index in [2.05, 4.69) is 47.2 Å². The molecule has 1 aromatic carbocycles. The highest BCUT2D eigenvalue weighted by Gasteiger charge is 2.34. The van der Waals surface area contributed by atoms with Crippen LogP contribution in [0.2, 0.25) is 0 Å². The van der Waals surface area contributed by atoms with Gasteiger partial charge in [0, 0.05) is 31.6 Å². The largest absolute Gasteiger partial charge is 0.330 e. The first kappa shape index (κ1) is 15.0. The third-order valence-corrected chi connectivity index (χ3v) is 5.46. The van der Waals surface area contributed by atoms with E-state index in [9.17, 15) is 0 Å². The molecule has 0 aliphatic carbocycles. The lowest BCUT2D eigenvalue weighted by Gasteiger charge is -2.46. The summed E-state index contributed by atoms with van der Waals surface area (Å²) in [6, 6.07) is 11.6. The van der Waals surface area contributed by atoms with Gasteiger partial charge in [-0.15, -0.1) is 0 Å². The van der Waals surface area contributed by atoms with Gasteiger partial charge in [0.1, 0.15) is 0 Å². The highest BCUT2D eigenvalue weighted by Crippen LogP contribution is 2.30. The molecule has 0 radical (unpaired) electrons. The van der Waals surface area contributed by atoms with Crippen molar-refractivity contribution in [2.45, 2.75) is 31.2 Å². The van der Waals surface area contributed by atoms with Crippen molar-refractivity contribution >= 4 is 0 Å². The van der Waals surface area contributed by atoms with Crippen LogP contribution in [-0.4, -0.2) is 55.6 Å². The normalized spacial score (nSPS) is 29.0. The number of rotatable bonds is 4. The van der Waals surface area contributed by atoms with Gasteiger partial charge in [0.15, 0.2) is 0 Å². The monoisotopic (exact) mass is 287 g/mol. The predicted octanol–water partition coefficient (Wildman–Crippen LogP) is 2.14. The van der Waals surface area contributed by atoms with E-state index in [4.69, 9.17) is 5.73 Å². The average Bonchev–Trinajstić information content (AvgIpc) is 2.53. The van der Waals surface area contributed by atoms with Crippen LogP contribution in [0.15, 0.2) is 30.3 Å². The summed E-state index contributed by atoms with van der Waals surface area (Å²) >= 11 is 0. The van der Waals surface area contributed by atoms with Crippen LogP contribution >= 0.6 is 0 Å². The van der Waals surface area contributed by atoms with E-state index in [-0.39, 0.29) is 0 Å². The van der Waals surface area contributed by atoms with Gasteiger partial charge in [-0.25, -0.2) is 0 Å². The van der Waals surface area contributed by atoms with Crippen molar-refractivity contribution in [2.24, 2.45) is 11.7 Å². The molecule has 2 aliphatic heterocycles. The number of nitrogens with two attached hydrogens (primary N) is 1. The lowest BCUT2D eigenvalue weighted by molar-refractivity contribution is 0.0365. The van der Waals surface area contributed by atoms with Gasteiger partial charge in [-0.1, -0.05) is 30.3 Å². The highest BCUT2D eigenvalue weighted by atomic mass is 15.2. The summed E-state index contributed by atoms with van der Waals surface area (Å²) in [7, 11) is 2.30. The molecule has 3 rings (SSSR count). The van der Waals surface area contributed by atoms with Gasteiger partial charge in [-0.2, -0.15) is 0 Å². The number of benzene rings is 1. The van der Waals surface area contributed by atoms with Crippen LogP contribution in [0.25, 0.3) is 0 Å². The second-order valence-corrected chi connectivity index (χ2v) is 6.84. The Balaban J connectivity index is 1.60. The lowest BCUT2D eigenvalue weighted by atomic mass is 9.83. The number of nitrogens with zero attached hydrogens (tertiary/aromatic N) is 2. The van der Waals surface area contributed by atoms with E-state index in [0.717, 1.165) is 25.0 Å². The van der Waals surface area contributed by atoms with E-state index < -0.39 is 0 Å². The molecule has 2 aliphatic rings. The standard InChI is InChI=1S/C18H29N3/c1-20-10-5-8-16-13-21(11-9-18(16)20)14-17(12-19)15-6-3-2-4-7-15/h2-4,6-7,16-18H,5,8-14,19H2,1H3. The van der Waals surface area contributed by atoms with Crippen molar-refractivity contribution in [2.75, 3.05) is 39.8 Å². The summed E-state index contributed by atoms with van der Waals surface area (Å²) < 4.78 is 0. The molecule has 21 heavy (non-hydrogen) atoms. The summed E-state index contributed by atoms with van der Waals surface area (Å²) in [5.41, 5.74) is 7.43. The molecule has 2 heterocycles. The summed E-state index contributed by atoms with van der Waals surface area (Å²) in [6.45, 7) is 5.64. The van der Waals surface area contributed by atoms with Gasteiger partial charge in [0.05, 0.1) is 0 Å². The van der Waals surface area contributed by atoms with Crippen LogP contribution in [0.1, 0.15) is 30.7 Å². The Hall–Kier alpha value is -0.900. The van der Waals surface area contributed by atoms with Crippen LogP contribution in [0.3, 0.4) is 0 Å². The van der Waals surface area contributed by atoms with Crippen LogP contribution in [0.4, 0.5) is 0 Å². The van der Waals surface area contributed by atoms with Gasteiger partial charge in [0.2, 0.25) is 0 Å². The van der Waals surface area contributed by atoms with Crippen molar-refractivity contribution in [3.8, 4) is 0 Å². The molecular formula is C18H29N3. The van der Waals surface area contributed by atoms with Crippen LogP contribution in [0, 0.1) is 5.92 Å². The Morgan fingerprint density at radius 2 is 2.00 bits per heavy atom. The fourth-order valence-corrected chi connectivity index (χ4v) is 4.25. The molecule has 3 atom stereocenters. The summed E-state index contributed by atoms with van der Waals surface area (Å²) in [4.78, 5) is 5.24. The van der Waals surface area contributed by atoms with E-state index in [1.165, 1.54) is 44.5 Å². The lowest BCUT2D eigenvalue weighted by Crippen LogP contribution is -2.53. The SMILES string of the molecule is CN1CCCC2CN(CC(CN)c3ccccc3)CCC21. The number of hydrogen-bond acceptors (Lipinski definition) is 3. The number of fused-ring (bicyclic) bond motifs is 1. The first-order valence-electron chi connectivity index (χ1n) is 8.45. The molecule has 0 spiro atoms. The Morgan fingerprint density at radius 3 is 2.76 bits per heavy atom. The van der Waals surface area contributed by atoms with Gasteiger partial charge in [-0.3, -0.25) is 0 Å². The molecule has 0 amide bonds. The number of likely N-dealkylation sites (tertiary alicyclic amines) is 2. The third kappa shape index (κ3) is 3.47. The fourth-order valence-electron chi connectivity index (χ4n) is 4.25. The zero-order valence-corrected chi connectivity index (χ0v) is 13.2. The molecule has 3 unspecified atom stereocenters. The predicted molar refractivity (Wildman–Crippen MR) is 88.4 cm³/mol. The molecule has 0 aromatic heterocycles. The smallest absolute Gasteiger partial charge is 0.0145 e. The first-order chi connectivity index (χ1) is 10.3. The number of hydrogen-bond donors (Lipinski definition) is 1. The van der Waals surface area contributed by atoms with Gasteiger partial charge < -0.3 is 15.5 Å². The average molecular weight is 287 g/mol. The van der Waals surface area contributed by atoms with Gasteiger partial charge in [-0.05, 0) is 50.9 Å². The quantitative estimate of drug-likeness (QED) is 0.921. The molecule has 2 saturated heterocycles. The number of piperidine rings is 2. The topological polar surface area (TPSA) is 32.5 Å². The van der Waals surface area contributed by atoms with E-state index in [1.54, 1.807) is 0 Å². The van der Waals surface area contributed by atoms with Gasteiger partial charge >= 0.3 is 0 Å². The highest BCUT2D eigenvalue weighted by molar-refractivity contribution is 5.20. The Bertz CT molecular complexity index is 433. The third-order valence-electron chi connectivity index (χ3n) is 5.46. The zero-order valence-electron chi connectivity index (χ0n) is 13.2. The maximum Gasteiger partial charge on any atom is 0.0145 e. The minimum Gasteiger partial charge on any atom is -0.330 e. The molecule has 3 heteroatoms. The fraction of sp³-hybridized carbons (Fsp3) is 0.667. The Labute approximate surface area is 129 Å². The molecule has 2 N–H and O–H groups in total. The minimum absolute atomic E-state index is 0.476. The molecule has 1 aromatic rings. The Kier molecular flexibility index (Phi) is 4.94. The molecule has 0 bridgehead atoms. The van der Waals surface area contributed by atoms with Crippen molar-refractivity contribution in [1.29, 1.82) is 0 Å². The molecular weight excluding hydrogens is 258 g/mol. The van der Waals surface area contributed by atoms with Crippen LogP contribution in [0.5, 0.6) is 0 Å². The molecule has 116 valence electrons. The molecule has 2 fully saturated rings. The molecule has 3 nitrogen and oxygen atoms in total. The van der Waals surface area contributed by atoms with E-state index >= 15 is 0 Å². The second-order valence-electron chi connectivity index (χ2n) is 6.84. The van der Waals surface area contributed by atoms with Crippen molar-refractivity contribution in [3.63, 3.8) is 0 Å². The van der Waals surface area contributed by atoms with Gasteiger partial charge in [0.25, 0.3) is 0 Å². The summed E-state index contributed by atoms with van der Waals surface area (Å²) in [6.07, 6.45) is 4.10.